The summed E-state index contributed by atoms with van der Waals surface area (Å²) in [6.45, 7) is 0. The molecule has 0 unspecified atom stereocenters. The van der Waals surface area contributed by atoms with Crippen LogP contribution in [0.4, 0.5) is 0 Å². The number of ketones is 1. The van der Waals surface area contributed by atoms with E-state index in [1.165, 1.54) is 18.2 Å². The molecule has 13 heavy (non-hydrogen) atoms. The van der Waals surface area contributed by atoms with Crippen LogP contribution in [0.3, 0.4) is 0 Å². The van der Waals surface area contributed by atoms with Gasteiger partial charge >= 0.3 is 0 Å². The third kappa shape index (κ3) is 2.44. The molecule has 0 fully saturated rings. The highest BCUT2D eigenvalue weighted by molar-refractivity contribution is 6.43. The normalized spacial score (nSPS) is 9.69. The van der Waals surface area contributed by atoms with Crippen LogP contribution in [0.2, 0.25) is 10.0 Å². The van der Waals surface area contributed by atoms with Gasteiger partial charge in [0, 0.05) is 15.6 Å². The van der Waals surface area contributed by atoms with Crippen molar-refractivity contribution in [3.63, 3.8) is 0 Å². The van der Waals surface area contributed by atoms with Crippen molar-refractivity contribution in [1.82, 2.24) is 0 Å². The van der Waals surface area contributed by atoms with E-state index in [-0.39, 0.29) is 15.6 Å². The van der Waals surface area contributed by atoms with Gasteiger partial charge in [-0.3, -0.25) is 9.59 Å². The van der Waals surface area contributed by atoms with Crippen molar-refractivity contribution in [3.8, 4) is 0 Å². The van der Waals surface area contributed by atoms with Crippen molar-refractivity contribution in [1.29, 1.82) is 0 Å². The van der Waals surface area contributed by atoms with Crippen LogP contribution < -0.4 is 5.73 Å². The molecule has 0 aromatic heterocycles. The van der Waals surface area contributed by atoms with Crippen molar-refractivity contribution in [3.05, 3.63) is 33.8 Å². The second-order valence-electron chi connectivity index (χ2n) is 2.35. The van der Waals surface area contributed by atoms with E-state index in [2.05, 4.69) is 0 Å². The average Bonchev–Trinajstić information content (AvgIpc) is 2.01. The lowest BCUT2D eigenvalue weighted by atomic mass is 10.1. The average molecular weight is 218 g/mol. The lowest BCUT2D eigenvalue weighted by molar-refractivity contribution is -0.114. The number of hydrogen-bond donors (Lipinski definition) is 1. The van der Waals surface area contributed by atoms with E-state index < -0.39 is 11.7 Å². The molecule has 0 aliphatic rings. The van der Waals surface area contributed by atoms with Crippen LogP contribution in [0.1, 0.15) is 10.4 Å². The van der Waals surface area contributed by atoms with Gasteiger partial charge in [0.15, 0.2) is 0 Å². The molecule has 0 atom stereocenters. The lowest BCUT2D eigenvalue weighted by Crippen LogP contribution is -2.22. The molecule has 0 aliphatic carbocycles. The third-order valence-corrected chi connectivity index (χ3v) is 1.78. The number of nitrogens with two attached hydrogens (primary N) is 1. The predicted octanol–water partition coefficient (Wildman–Crippen LogP) is 1.66. The van der Waals surface area contributed by atoms with E-state index in [1.54, 1.807) is 0 Å². The Kier molecular flexibility index (Phi) is 2.90. The maximum Gasteiger partial charge on any atom is 0.289 e. The Balaban J connectivity index is 3.15. The molecule has 3 nitrogen and oxygen atoms in total. The highest BCUT2D eigenvalue weighted by Crippen LogP contribution is 2.19. The number of hydrogen-bond acceptors (Lipinski definition) is 2. The van der Waals surface area contributed by atoms with Gasteiger partial charge in [0.05, 0.1) is 0 Å². The fraction of sp³-hybridized carbons (Fsp3) is 0. The first-order valence-electron chi connectivity index (χ1n) is 3.31. The standard InChI is InChI=1S/C8H5Cl2NO2/c9-5-1-4(2-6(10)3-5)7(12)8(11)13/h1-3H,(H2,11,13). The molecule has 0 bridgehead atoms. The van der Waals surface area contributed by atoms with Gasteiger partial charge in [0.25, 0.3) is 5.91 Å². The maximum atomic E-state index is 11.1. The fourth-order valence-electron chi connectivity index (χ4n) is 0.827. The number of carbonyl (C=O) groups is 2. The number of amides is 1. The second kappa shape index (κ2) is 3.77. The molecule has 5 heteroatoms. The van der Waals surface area contributed by atoms with E-state index in [4.69, 9.17) is 28.9 Å². The molecule has 0 aliphatic heterocycles. The second-order valence-corrected chi connectivity index (χ2v) is 3.22. The molecule has 0 heterocycles. The maximum absolute atomic E-state index is 11.1. The summed E-state index contributed by atoms with van der Waals surface area (Å²) < 4.78 is 0. The van der Waals surface area contributed by atoms with Gasteiger partial charge in [0.1, 0.15) is 0 Å². The minimum absolute atomic E-state index is 0.102. The van der Waals surface area contributed by atoms with Crippen molar-refractivity contribution in [2.75, 3.05) is 0 Å². The van der Waals surface area contributed by atoms with Gasteiger partial charge in [0.2, 0.25) is 5.78 Å². The third-order valence-electron chi connectivity index (χ3n) is 1.35. The highest BCUT2D eigenvalue weighted by atomic mass is 35.5. The van der Waals surface area contributed by atoms with Crippen molar-refractivity contribution in [2.24, 2.45) is 5.73 Å². The molecule has 0 spiro atoms. The van der Waals surface area contributed by atoms with Gasteiger partial charge in [-0.1, -0.05) is 23.2 Å². The first kappa shape index (κ1) is 10.0. The summed E-state index contributed by atoms with van der Waals surface area (Å²) in [7, 11) is 0. The monoisotopic (exact) mass is 217 g/mol. The Morgan fingerprint density at radius 1 is 1.08 bits per heavy atom. The summed E-state index contributed by atoms with van der Waals surface area (Å²) in [5.41, 5.74) is 4.90. The van der Waals surface area contributed by atoms with Crippen LogP contribution in [0.5, 0.6) is 0 Å². The number of rotatable bonds is 2. The lowest BCUT2D eigenvalue weighted by Gasteiger charge is -1.98. The van der Waals surface area contributed by atoms with Gasteiger partial charge in [-0.15, -0.1) is 0 Å². The molecule has 0 saturated heterocycles. The Morgan fingerprint density at radius 3 is 1.92 bits per heavy atom. The quantitative estimate of drug-likeness (QED) is 0.606. The number of Topliss-reactive ketones (excluding diaryl/α,β-unsaturated/α-hetero) is 1. The summed E-state index contributed by atoms with van der Waals surface area (Å²) in [5.74, 6) is -1.83. The first-order valence-corrected chi connectivity index (χ1v) is 4.06. The number of benzene rings is 1. The minimum Gasteiger partial charge on any atom is -0.363 e. The van der Waals surface area contributed by atoms with Crippen molar-refractivity contribution < 1.29 is 9.59 Å². The smallest absolute Gasteiger partial charge is 0.289 e. The van der Waals surface area contributed by atoms with Gasteiger partial charge < -0.3 is 5.73 Å². The summed E-state index contributed by atoms with van der Waals surface area (Å²) in [6, 6.07) is 4.13. The van der Waals surface area contributed by atoms with Gasteiger partial charge in [-0.2, -0.15) is 0 Å². The Bertz CT molecular complexity index is 356. The summed E-state index contributed by atoms with van der Waals surface area (Å²) in [5, 5.41) is 0.578. The molecule has 0 saturated carbocycles. The molecule has 0 radical (unpaired) electrons. The van der Waals surface area contributed by atoms with E-state index in [9.17, 15) is 9.59 Å². The summed E-state index contributed by atoms with van der Waals surface area (Å²) >= 11 is 11.2. The summed E-state index contributed by atoms with van der Waals surface area (Å²) in [4.78, 5) is 21.6. The predicted molar refractivity (Wildman–Crippen MR) is 50.0 cm³/mol. The van der Waals surface area contributed by atoms with Crippen molar-refractivity contribution in [2.45, 2.75) is 0 Å². The molecule has 68 valence electrons. The molecule has 1 aromatic rings. The number of halogens is 2. The summed E-state index contributed by atoms with van der Waals surface area (Å²) in [6.07, 6.45) is 0. The number of primary amides is 1. The van der Waals surface area contributed by atoms with Crippen LogP contribution in [-0.2, 0) is 4.79 Å². The van der Waals surface area contributed by atoms with E-state index in [0.717, 1.165) is 0 Å². The first-order chi connectivity index (χ1) is 6.00. The van der Waals surface area contributed by atoms with Gasteiger partial charge in [-0.25, -0.2) is 0 Å². The molecule has 2 N–H and O–H groups in total. The van der Waals surface area contributed by atoms with Crippen LogP contribution >= 0.6 is 23.2 Å². The Hall–Kier alpha value is -1.06. The molecule has 1 aromatic carbocycles. The number of carbonyl (C=O) groups excluding carboxylic acids is 2. The molecule has 1 amide bonds. The zero-order chi connectivity index (χ0) is 10.0. The van der Waals surface area contributed by atoms with E-state index in [0.29, 0.717) is 0 Å². The Morgan fingerprint density at radius 2 is 1.54 bits per heavy atom. The van der Waals surface area contributed by atoms with Gasteiger partial charge in [-0.05, 0) is 18.2 Å². The fourth-order valence-corrected chi connectivity index (χ4v) is 1.35. The van der Waals surface area contributed by atoms with Crippen LogP contribution in [-0.4, -0.2) is 11.7 Å². The molecular formula is C8H5Cl2NO2. The van der Waals surface area contributed by atoms with E-state index >= 15 is 0 Å². The Labute approximate surface area is 84.4 Å². The van der Waals surface area contributed by atoms with Crippen molar-refractivity contribution >= 4 is 34.9 Å². The minimum atomic E-state index is -1.03. The van der Waals surface area contributed by atoms with Crippen LogP contribution in [0.15, 0.2) is 18.2 Å². The molecule has 1 rings (SSSR count). The highest BCUT2D eigenvalue weighted by Gasteiger charge is 2.13. The zero-order valence-electron chi connectivity index (χ0n) is 6.38. The topological polar surface area (TPSA) is 60.2 Å². The van der Waals surface area contributed by atoms with Crippen LogP contribution in [0, 0.1) is 0 Å². The SMILES string of the molecule is NC(=O)C(=O)c1cc(Cl)cc(Cl)c1. The van der Waals surface area contributed by atoms with Crippen LogP contribution in [0.25, 0.3) is 0 Å². The zero-order valence-corrected chi connectivity index (χ0v) is 7.89. The largest absolute Gasteiger partial charge is 0.363 e. The van der Waals surface area contributed by atoms with E-state index in [1.807, 2.05) is 0 Å². The molecular weight excluding hydrogens is 213 g/mol.